The predicted molar refractivity (Wildman–Crippen MR) is 60.8 cm³/mol. The number of pyridine rings is 1. The molecule has 96 valence electrons. The topological polar surface area (TPSA) is 17.2 Å². The first-order chi connectivity index (χ1) is 8.28. The molecule has 0 aromatic carbocycles. The minimum atomic E-state index is -4.46. The smallest absolute Gasteiger partial charge is 0.303 e. The Labute approximate surface area is 104 Å². The molecule has 0 unspecified atom stereocenters. The van der Waals surface area contributed by atoms with Crippen molar-refractivity contribution in [1.82, 2.24) is 4.98 Å². The lowest BCUT2D eigenvalue weighted by Gasteiger charge is -2.13. The first kappa shape index (κ1) is 12.9. The summed E-state index contributed by atoms with van der Waals surface area (Å²) >= 11 is 0. The van der Waals surface area contributed by atoms with Gasteiger partial charge >= 0.3 is 6.18 Å². The Balaban J connectivity index is 2.55. The number of halogens is 3. The number of nitrogens with zero attached hydrogens (tertiary/aromatic N) is 2. The minimum Gasteiger partial charge on any atom is -0.303 e. The Morgan fingerprint density at radius 3 is 2.33 bits per heavy atom. The second-order valence-electron chi connectivity index (χ2n) is 4.97. The molecular formula is C13H13F3N2. The van der Waals surface area contributed by atoms with E-state index in [9.17, 15) is 13.2 Å². The molecule has 1 aliphatic rings. The van der Waals surface area contributed by atoms with Crippen LogP contribution >= 0.6 is 0 Å². The highest BCUT2D eigenvalue weighted by molar-refractivity contribution is 5.35. The third-order valence-electron chi connectivity index (χ3n) is 3.22. The Morgan fingerprint density at radius 1 is 1.33 bits per heavy atom. The maximum absolute atomic E-state index is 12.8. The van der Waals surface area contributed by atoms with Crippen molar-refractivity contribution >= 4 is 0 Å². The molecule has 1 heterocycles. The van der Waals surface area contributed by atoms with Gasteiger partial charge in [-0.25, -0.2) is 11.6 Å². The summed E-state index contributed by atoms with van der Waals surface area (Å²) in [5, 5.41) is 0. The molecule has 0 bridgehead atoms. The highest BCUT2D eigenvalue weighted by atomic mass is 19.4. The molecule has 18 heavy (non-hydrogen) atoms. The first-order valence-corrected chi connectivity index (χ1v) is 5.77. The van der Waals surface area contributed by atoms with Crippen LogP contribution in [0.25, 0.3) is 4.85 Å². The number of hydrogen-bond acceptors (Lipinski definition) is 1. The highest BCUT2D eigenvalue weighted by Crippen LogP contribution is 2.49. The molecule has 1 fully saturated rings. The summed E-state index contributed by atoms with van der Waals surface area (Å²) in [4.78, 5) is 7.10. The molecule has 0 atom stereocenters. The van der Waals surface area contributed by atoms with Crippen LogP contribution in [-0.4, -0.2) is 4.98 Å². The second kappa shape index (κ2) is 3.98. The summed E-state index contributed by atoms with van der Waals surface area (Å²) in [7, 11) is 0. The maximum atomic E-state index is 12.8. The summed E-state index contributed by atoms with van der Waals surface area (Å²) in [6.45, 7) is 10.8. The number of rotatable bonds is 2. The van der Waals surface area contributed by atoms with Crippen molar-refractivity contribution in [2.75, 3.05) is 0 Å². The van der Waals surface area contributed by atoms with Gasteiger partial charge in [-0.15, -0.1) is 0 Å². The molecule has 1 aromatic heterocycles. The predicted octanol–water partition coefficient (Wildman–Crippen LogP) is 4.13. The molecule has 0 spiro atoms. The van der Waals surface area contributed by atoms with E-state index in [-0.39, 0.29) is 11.6 Å². The number of hydrogen-bond donors (Lipinski definition) is 0. The molecule has 2 nitrogen and oxygen atoms in total. The second-order valence-corrected chi connectivity index (χ2v) is 4.97. The third kappa shape index (κ3) is 2.20. The zero-order valence-corrected chi connectivity index (χ0v) is 10.2. The minimum absolute atomic E-state index is 0.0191. The summed E-state index contributed by atoms with van der Waals surface area (Å²) in [6.07, 6.45) is -3.26. The molecule has 0 amide bonds. The zero-order valence-electron chi connectivity index (χ0n) is 10.2. The van der Waals surface area contributed by atoms with Crippen molar-refractivity contribution in [3.05, 3.63) is 40.5 Å². The summed E-state index contributed by atoms with van der Waals surface area (Å²) < 4.78 is 38.4. The van der Waals surface area contributed by atoms with E-state index in [0.717, 1.165) is 6.07 Å². The van der Waals surface area contributed by atoms with Gasteiger partial charge in [-0.2, -0.15) is 13.2 Å². The van der Waals surface area contributed by atoms with Gasteiger partial charge in [-0.1, -0.05) is 13.8 Å². The van der Waals surface area contributed by atoms with Crippen LogP contribution in [0, 0.1) is 6.57 Å². The van der Waals surface area contributed by atoms with Crippen LogP contribution in [0.3, 0.4) is 0 Å². The van der Waals surface area contributed by atoms with Crippen LogP contribution in [-0.2, 0) is 11.7 Å². The van der Waals surface area contributed by atoms with Gasteiger partial charge in [0.05, 0.1) is 0 Å². The largest absolute Gasteiger partial charge is 0.433 e. The Bertz CT molecular complexity index is 508. The fourth-order valence-corrected chi connectivity index (χ4v) is 1.81. The first-order valence-electron chi connectivity index (χ1n) is 5.77. The fourth-order valence-electron chi connectivity index (χ4n) is 1.81. The lowest BCUT2D eigenvalue weighted by Crippen LogP contribution is -2.14. The van der Waals surface area contributed by atoms with E-state index in [0.29, 0.717) is 18.4 Å². The van der Waals surface area contributed by atoms with Gasteiger partial charge in [0.25, 0.3) is 5.54 Å². The maximum Gasteiger partial charge on any atom is 0.433 e. The van der Waals surface area contributed by atoms with Gasteiger partial charge in [0.1, 0.15) is 11.4 Å². The zero-order chi connectivity index (χ0) is 13.6. The van der Waals surface area contributed by atoms with E-state index in [1.165, 1.54) is 0 Å². The standard InChI is InChI=1S/C13H13F3N2/c1-8(2)9-6-10(12(17-3)4-5-12)18-11(7-9)13(14,15)16/h6-8H,4-5H2,1-2H3. The monoisotopic (exact) mass is 254 g/mol. The molecule has 0 radical (unpaired) electrons. The van der Waals surface area contributed by atoms with Crippen molar-refractivity contribution < 1.29 is 13.2 Å². The van der Waals surface area contributed by atoms with E-state index in [2.05, 4.69) is 9.83 Å². The van der Waals surface area contributed by atoms with Gasteiger partial charge in [0.2, 0.25) is 0 Å². The molecule has 1 saturated carbocycles. The van der Waals surface area contributed by atoms with Gasteiger partial charge in [-0.05, 0) is 23.6 Å². The summed E-state index contributed by atoms with van der Waals surface area (Å²) in [6, 6.07) is 2.72. The van der Waals surface area contributed by atoms with E-state index in [1.54, 1.807) is 6.07 Å². The van der Waals surface area contributed by atoms with Crippen molar-refractivity contribution in [3.8, 4) is 0 Å². The third-order valence-corrected chi connectivity index (χ3v) is 3.22. The van der Waals surface area contributed by atoms with Crippen LogP contribution in [0.4, 0.5) is 13.2 Å². The van der Waals surface area contributed by atoms with Crippen molar-refractivity contribution in [1.29, 1.82) is 0 Å². The molecule has 0 N–H and O–H groups in total. The van der Waals surface area contributed by atoms with Crippen LogP contribution in [0.5, 0.6) is 0 Å². The van der Waals surface area contributed by atoms with Crippen molar-refractivity contribution in [2.45, 2.75) is 44.3 Å². The summed E-state index contributed by atoms with van der Waals surface area (Å²) in [5.74, 6) is -0.0191. The van der Waals surface area contributed by atoms with E-state index in [4.69, 9.17) is 6.57 Å². The normalized spacial score (nSPS) is 17.6. The summed E-state index contributed by atoms with van der Waals surface area (Å²) in [5.41, 5.74) is -0.831. The lowest BCUT2D eigenvalue weighted by molar-refractivity contribution is -0.141. The fraction of sp³-hybridized carbons (Fsp3) is 0.538. The van der Waals surface area contributed by atoms with Crippen molar-refractivity contribution in [3.63, 3.8) is 0 Å². The molecule has 0 saturated heterocycles. The quantitative estimate of drug-likeness (QED) is 0.725. The van der Waals surface area contributed by atoms with E-state index < -0.39 is 17.4 Å². The van der Waals surface area contributed by atoms with Crippen LogP contribution in [0.2, 0.25) is 0 Å². The SMILES string of the molecule is [C-]#[N+]C1(c2cc(C(C)C)cc(C(F)(F)F)n2)CC1. The van der Waals surface area contributed by atoms with Gasteiger partial charge in [-0.3, -0.25) is 0 Å². The van der Waals surface area contributed by atoms with Crippen LogP contribution in [0.1, 0.15) is 49.6 Å². The van der Waals surface area contributed by atoms with Crippen LogP contribution < -0.4 is 0 Å². The van der Waals surface area contributed by atoms with Gasteiger partial charge < -0.3 is 4.85 Å². The lowest BCUT2D eigenvalue weighted by atomic mass is 10.00. The van der Waals surface area contributed by atoms with Crippen molar-refractivity contribution in [2.24, 2.45) is 0 Å². The van der Waals surface area contributed by atoms with Gasteiger partial charge in [0.15, 0.2) is 0 Å². The Morgan fingerprint density at radius 2 is 1.94 bits per heavy atom. The average molecular weight is 254 g/mol. The van der Waals surface area contributed by atoms with Crippen LogP contribution in [0.15, 0.2) is 12.1 Å². The molecule has 0 aliphatic heterocycles. The molecule has 1 aliphatic carbocycles. The van der Waals surface area contributed by atoms with Gasteiger partial charge in [0, 0.05) is 12.8 Å². The number of aromatic nitrogens is 1. The average Bonchev–Trinajstić information content (AvgIpc) is 3.08. The highest BCUT2D eigenvalue weighted by Gasteiger charge is 2.54. The molecule has 5 heteroatoms. The van der Waals surface area contributed by atoms with E-state index >= 15 is 0 Å². The molecule has 2 rings (SSSR count). The Kier molecular flexibility index (Phi) is 2.84. The van der Waals surface area contributed by atoms with E-state index in [1.807, 2.05) is 13.8 Å². The number of alkyl halides is 3. The Hall–Kier alpha value is -1.57. The molecular weight excluding hydrogens is 241 g/mol. The molecule has 1 aromatic rings.